The van der Waals surface area contributed by atoms with Gasteiger partial charge in [-0.05, 0) is 55.5 Å². The molecule has 10 nitrogen and oxygen atoms in total. The standard InChI is InChI=1S/C28H22BrN3O7/c1-15(28(34)35)38-25-22(36-2)10-16(11-23(25)37-3)14-30-32-26(31-20-7-5-4-6-19(20)27(32)33)24-13-17-12-18(29)8-9-21(17)39-24/h4-15H,1-3H3,(H,34,35)/t15-/m1/s1. The van der Waals surface area contributed by atoms with E-state index in [0.29, 0.717) is 27.8 Å². The number of fused-ring (bicyclic) bond motifs is 2. The van der Waals surface area contributed by atoms with Crippen molar-refractivity contribution >= 4 is 50.0 Å². The van der Waals surface area contributed by atoms with Crippen LogP contribution in [0.4, 0.5) is 0 Å². The van der Waals surface area contributed by atoms with Crippen molar-refractivity contribution < 1.29 is 28.5 Å². The summed E-state index contributed by atoms with van der Waals surface area (Å²) in [6, 6.07) is 17.6. The molecule has 11 heteroatoms. The van der Waals surface area contributed by atoms with Crippen LogP contribution < -0.4 is 19.8 Å². The summed E-state index contributed by atoms with van der Waals surface area (Å²) >= 11 is 3.46. The second-order valence-corrected chi connectivity index (χ2v) is 9.38. The molecule has 3 aromatic carbocycles. The van der Waals surface area contributed by atoms with Gasteiger partial charge in [0.15, 0.2) is 23.4 Å². The van der Waals surface area contributed by atoms with Crippen molar-refractivity contribution in [1.82, 2.24) is 9.66 Å². The molecule has 2 aromatic heterocycles. The first kappa shape index (κ1) is 26.0. The van der Waals surface area contributed by atoms with Gasteiger partial charge in [0, 0.05) is 15.4 Å². The average molecular weight is 592 g/mol. The molecule has 0 bridgehead atoms. The zero-order valence-electron chi connectivity index (χ0n) is 21.0. The Balaban J connectivity index is 1.64. The van der Waals surface area contributed by atoms with Crippen molar-refractivity contribution in [3.8, 4) is 28.8 Å². The van der Waals surface area contributed by atoms with Crippen LogP contribution in [-0.2, 0) is 4.79 Å². The molecule has 0 radical (unpaired) electrons. The number of methoxy groups -OCH3 is 2. The lowest BCUT2D eigenvalue weighted by Gasteiger charge is -2.17. The molecule has 5 aromatic rings. The van der Waals surface area contributed by atoms with E-state index < -0.39 is 12.1 Å². The highest BCUT2D eigenvalue weighted by atomic mass is 79.9. The number of furan rings is 1. The molecular weight excluding hydrogens is 570 g/mol. The summed E-state index contributed by atoms with van der Waals surface area (Å²) in [4.78, 5) is 29.5. The summed E-state index contributed by atoms with van der Waals surface area (Å²) in [5.74, 6) is 0.0390. The maximum atomic E-state index is 13.5. The second kappa shape index (κ2) is 10.6. The Morgan fingerprint density at radius 1 is 1.10 bits per heavy atom. The molecule has 198 valence electrons. The number of carbonyl (C=O) groups is 1. The number of para-hydroxylation sites is 1. The molecular formula is C28H22BrN3O7. The highest BCUT2D eigenvalue weighted by Gasteiger charge is 2.21. The van der Waals surface area contributed by atoms with Gasteiger partial charge in [-0.25, -0.2) is 9.78 Å². The van der Waals surface area contributed by atoms with Gasteiger partial charge in [-0.15, -0.1) is 0 Å². The molecule has 2 heterocycles. The number of ether oxygens (including phenoxy) is 3. The van der Waals surface area contributed by atoms with Gasteiger partial charge in [-0.3, -0.25) is 4.79 Å². The first-order chi connectivity index (χ1) is 18.8. The van der Waals surface area contributed by atoms with Crippen LogP contribution in [-0.4, -0.2) is 47.3 Å². The van der Waals surface area contributed by atoms with Crippen LogP contribution in [0.1, 0.15) is 12.5 Å². The fourth-order valence-electron chi connectivity index (χ4n) is 3.96. The van der Waals surface area contributed by atoms with Crippen LogP contribution in [0.25, 0.3) is 33.5 Å². The number of benzene rings is 3. The molecule has 0 fully saturated rings. The monoisotopic (exact) mass is 591 g/mol. The quantitative estimate of drug-likeness (QED) is 0.240. The van der Waals surface area contributed by atoms with Crippen molar-refractivity contribution in [3.05, 3.63) is 81.1 Å². The van der Waals surface area contributed by atoms with E-state index in [0.717, 1.165) is 9.86 Å². The van der Waals surface area contributed by atoms with E-state index in [-0.39, 0.29) is 28.6 Å². The van der Waals surface area contributed by atoms with Gasteiger partial charge in [0.1, 0.15) is 5.58 Å². The number of nitrogens with zero attached hydrogens (tertiary/aromatic N) is 3. The van der Waals surface area contributed by atoms with Crippen LogP contribution in [0.3, 0.4) is 0 Å². The fraction of sp³-hybridized carbons (Fsp3) is 0.143. The van der Waals surface area contributed by atoms with Crippen molar-refractivity contribution in [2.75, 3.05) is 14.2 Å². The SMILES string of the molecule is COc1cc(C=Nn2c(-c3cc4cc(Br)ccc4o3)nc3ccccc3c2=O)cc(OC)c1O[C@H](C)C(=O)O. The number of hydrogen-bond donors (Lipinski definition) is 1. The van der Waals surface area contributed by atoms with E-state index in [1.165, 1.54) is 32.0 Å². The van der Waals surface area contributed by atoms with Crippen LogP contribution in [0.15, 0.2) is 79.4 Å². The Kier molecular flexibility index (Phi) is 7.07. The van der Waals surface area contributed by atoms with Gasteiger partial charge >= 0.3 is 5.97 Å². The van der Waals surface area contributed by atoms with E-state index in [9.17, 15) is 14.7 Å². The lowest BCUT2D eigenvalue weighted by molar-refractivity contribution is -0.144. The van der Waals surface area contributed by atoms with E-state index >= 15 is 0 Å². The molecule has 1 N–H and O–H groups in total. The smallest absolute Gasteiger partial charge is 0.344 e. The summed E-state index contributed by atoms with van der Waals surface area (Å²) in [5.41, 5.74) is 1.25. The number of aliphatic carboxylic acids is 1. The van der Waals surface area contributed by atoms with E-state index in [4.69, 9.17) is 18.6 Å². The molecule has 5 rings (SSSR count). The molecule has 0 saturated carbocycles. The molecule has 39 heavy (non-hydrogen) atoms. The van der Waals surface area contributed by atoms with Gasteiger partial charge in [0.2, 0.25) is 11.6 Å². The zero-order valence-corrected chi connectivity index (χ0v) is 22.6. The molecule has 0 aliphatic carbocycles. The number of halogens is 1. The maximum absolute atomic E-state index is 13.5. The third kappa shape index (κ3) is 5.08. The molecule has 0 spiro atoms. The Morgan fingerprint density at radius 2 is 1.82 bits per heavy atom. The van der Waals surface area contributed by atoms with Crippen molar-refractivity contribution in [2.24, 2.45) is 5.10 Å². The van der Waals surface area contributed by atoms with E-state index in [2.05, 4.69) is 26.0 Å². The van der Waals surface area contributed by atoms with Crippen molar-refractivity contribution in [2.45, 2.75) is 13.0 Å². The van der Waals surface area contributed by atoms with Crippen LogP contribution in [0.2, 0.25) is 0 Å². The Hall–Kier alpha value is -4.64. The topological polar surface area (TPSA) is 125 Å². The minimum atomic E-state index is -1.14. The Morgan fingerprint density at radius 3 is 2.51 bits per heavy atom. The minimum absolute atomic E-state index is 0.130. The van der Waals surface area contributed by atoms with E-state index in [1.807, 2.05) is 18.2 Å². The largest absolute Gasteiger partial charge is 0.493 e. The Bertz CT molecular complexity index is 1780. The first-order valence-electron chi connectivity index (χ1n) is 11.7. The molecule has 0 aliphatic heterocycles. The first-order valence-corrected chi connectivity index (χ1v) is 12.5. The number of aromatic nitrogens is 2. The van der Waals surface area contributed by atoms with Crippen LogP contribution in [0, 0.1) is 0 Å². The number of rotatable bonds is 8. The van der Waals surface area contributed by atoms with E-state index in [1.54, 1.807) is 42.5 Å². The van der Waals surface area contributed by atoms with Gasteiger partial charge in [0.05, 0.1) is 31.3 Å². The van der Waals surface area contributed by atoms with Crippen LogP contribution >= 0.6 is 15.9 Å². The fourth-order valence-corrected chi connectivity index (χ4v) is 4.34. The minimum Gasteiger partial charge on any atom is -0.493 e. The highest BCUT2D eigenvalue weighted by Crippen LogP contribution is 2.39. The van der Waals surface area contributed by atoms with Gasteiger partial charge in [-0.2, -0.15) is 9.78 Å². The number of carboxylic acids is 1. The zero-order chi connectivity index (χ0) is 27.7. The normalized spacial score (nSPS) is 12.2. The predicted molar refractivity (Wildman–Crippen MR) is 149 cm³/mol. The predicted octanol–water partition coefficient (Wildman–Crippen LogP) is 5.32. The van der Waals surface area contributed by atoms with Crippen molar-refractivity contribution in [3.63, 3.8) is 0 Å². The third-order valence-corrected chi connectivity index (χ3v) is 6.39. The summed E-state index contributed by atoms with van der Waals surface area (Å²) in [7, 11) is 2.84. The number of carboxylic acid groups (broad SMARTS) is 1. The Labute approximate surface area is 230 Å². The molecule has 0 amide bonds. The summed E-state index contributed by atoms with van der Waals surface area (Å²) in [6.45, 7) is 1.40. The lowest BCUT2D eigenvalue weighted by Crippen LogP contribution is -2.23. The summed E-state index contributed by atoms with van der Waals surface area (Å²) in [5, 5.41) is 14.9. The highest BCUT2D eigenvalue weighted by molar-refractivity contribution is 9.10. The molecule has 0 saturated heterocycles. The lowest BCUT2D eigenvalue weighted by atomic mass is 10.2. The molecule has 0 aliphatic rings. The van der Waals surface area contributed by atoms with Gasteiger partial charge in [-0.1, -0.05) is 28.1 Å². The second-order valence-electron chi connectivity index (χ2n) is 8.46. The summed E-state index contributed by atoms with van der Waals surface area (Å²) < 4.78 is 24.5. The van der Waals surface area contributed by atoms with Crippen molar-refractivity contribution in [1.29, 1.82) is 0 Å². The summed E-state index contributed by atoms with van der Waals surface area (Å²) in [6.07, 6.45) is 0.303. The number of hydrogen-bond acceptors (Lipinski definition) is 8. The molecule has 1 atom stereocenters. The van der Waals surface area contributed by atoms with Gasteiger partial charge in [0.25, 0.3) is 5.56 Å². The third-order valence-electron chi connectivity index (χ3n) is 5.90. The van der Waals surface area contributed by atoms with Gasteiger partial charge < -0.3 is 23.7 Å². The average Bonchev–Trinajstić information content (AvgIpc) is 3.35. The van der Waals surface area contributed by atoms with Crippen LogP contribution in [0.5, 0.6) is 17.2 Å². The maximum Gasteiger partial charge on any atom is 0.344 e. The molecule has 0 unspecified atom stereocenters.